The molecule has 0 aromatic heterocycles. The normalized spacial score (nSPS) is 38.1. The summed E-state index contributed by atoms with van der Waals surface area (Å²) in [7, 11) is 0. The van der Waals surface area contributed by atoms with Gasteiger partial charge in [0, 0.05) is 10.8 Å². The van der Waals surface area contributed by atoms with Crippen molar-refractivity contribution in [2.45, 2.75) is 67.4 Å². The van der Waals surface area contributed by atoms with E-state index in [4.69, 9.17) is 0 Å². The molecular formula is C21H27NOS. The van der Waals surface area contributed by atoms with Crippen molar-refractivity contribution in [3.05, 3.63) is 35.9 Å². The Morgan fingerprint density at radius 3 is 2.12 bits per heavy atom. The summed E-state index contributed by atoms with van der Waals surface area (Å²) in [6.07, 6.45) is 10.8. The molecule has 1 N–H and O–H groups in total. The fourth-order valence-electron chi connectivity index (χ4n) is 5.83. The van der Waals surface area contributed by atoms with Gasteiger partial charge in [-0.15, -0.1) is 11.8 Å². The summed E-state index contributed by atoms with van der Waals surface area (Å²) in [4.78, 5) is 13.0. The predicted molar refractivity (Wildman–Crippen MR) is 98.8 cm³/mol. The molecule has 3 heteroatoms. The maximum Gasteiger partial charge on any atom is 0.237 e. The predicted octanol–water partition coefficient (Wildman–Crippen LogP) is 4.71. The summed E-state index contributed by atoms with van der Waals surface area (Å²) in [6.45, 7) is 0. The van der Waals surface area contributed by atoms with Gasteiger partial charge in [-0.3, -0.25) is 4.79 Å². The van der Waals surface area contributed by atoms with Gasteiger partial charge in [0.15, 0.2) is 0 Å². The molecule has 0 unspecified atom stereocenters. The van der Waals surface area contributed by atoms with Crippen LogP contribution in [0.5, 0.6) is 0 Å². The quantitative estimate of drug-likeness (QED) is 0.840. The van der Waals surface area contributed by atoms with Crippen LogP contribution in [0.25, 0.3) is 0 Å². The molecule has 5 aliphatic carbocycles. The summed E-state index contributed by atoms with van der Waals surface area (Å²) in [5, 5.41) is 3.25. The molecule has 4 bridgehead atoms. The van der Waals surface area contributed by atoms with Gasteiger partial charge in [-0.2, -0.15) is 0 Å². The standard InChI is InChI=1S/C21H27NOS/c23-20(22-18-6-7-18)19(17-4-2-1-3-5-17)24-21-11-14-8-15(12-21)10-16(9-14)13-21/h1-5,14-16,18-19H,6-13H2,(H,22,23)/t14?,15?,16?,19-,21?/m0/s1. The minimum Gasteiger partial charge on any atom is -0.352 e. The van der Waals surface area contributed by atoms with Crippen LogP contribution in [0.3, 0.4) is 0 Å². The van der Waals surface area contributed by atoms with Crippen LogP contribution in [0.15, 0.2) is 30.3 Å². The van der Waals surface area contributed by atoms with E-state index in [0.29, 0.717) is 10.8 Å². The molecule has 1 amide bonds. The zero-order valence-electron chi connectivity index (χ0n) is 14.2. The van der Waals surface area contributed by atoms with Gasteiger partial charge < -0.3 is 5.32 Å². The highest BCUT2D eigenvalue weighted by Gasteiger charge is 2.52. The summed E-state index contributed by atoms with van der Waals surface area (Å²) < 4.78 is 0.371. The van der Waals surface area contributed by atoms with Crippen molar-refractivity contribution in [2.24, 2.45) is 17.8 Å². The highest BCUT2D eigenvalue weighted by atomic mass is 32.2. The molecule has 128 valence electrons. The number of rotatable bonds is 5. The molecule has 0 radical (unpaired) electrons. The lowest BCUT2D eigenvalue weighted by atomic mass is 9.56. The lowest BCUT2D eigenvalue weighted by Crippen LogP contribution is -2.49. The van der Waals surface area contributed by atoms with Gasteiger partial charge in [-0.25, -0.2) is 0 Å². The van der Waals surface area contributed by atoms with Crippen LogP contribution in [0.2, 0.25) is 0 Å². The second-order valence-electron chi connectivity index (χ2n) is 8.79. The second kappa shape index (κ2) is 5.79. The molecule has 0 aliphatic heterocycles. The third-order valence-electron chi connectivity index (χ3n) is 6.61. The topological polar surface area (TPSA) is 29.1 Å². The monoisotopic (exact) mass is 341 g/mol. The number of hydrogen-bond acceptors (Lipinski definition) is 2. The molecule has 5 aliphatic rings. The molecule has 1 aromatic rings. The van der Waals surface area contributed by atoms with Crippen molar-refractivity contribution in [3.8, 4) is 0 Å². The summed E-state index contributed by atoms with van der Waals surface area (Å²) in [6, 6.07) is 10.9. The summed E-state index contributed by atoms with van der Waals surface area (Å²) in [5.41, 5.74) is 1.19. The van der Waals surface area contributed by atoms with Gasteiger partial charge in [0.05, 0.1) is 0 Å². The molecule has 0 saturated heterocycles. The van der Waals surface area contributed by atoms with Crippen LogP contribution in [-0.4, -0.2) is 16.7 Å². The lowest BCUT2D eigenvalue weighted by molar-refractivity contribution is -0.120. The second-order valence-corrected chi connectivity index (χ2v) is 10.4. The van der Waals surface area contributed by atoms with Crippen LogP contribution in [0.1, 0.15) is 62.2 Å². The molecule has 0 spiro atoms. The Hall–Kier alpha value is -0.960. The number of carbonyl (C=O) groups excluding carboxylic acids is 1. The first kappa shape index (κ1) is 15.3. The molecule has 1 aromatic carbocycles. The SMILES string of the molecule is O=C(NC1CC1)[C@@H](SC12CC3CC(CC(C3)C1)C2)c1ccccc1. The summed E-state index contributed by atoms with van der Waals surface area (Å²) in [5.74, 6) is 3.06. The Bertz CT molecular complexity index is 589. The first-order chi connectivity index (χ1) is 11.7. The number of benzene rings is 1. The van der Waals surface area contributed by atoms with Gasteiger partial charge in [0.1, 0.15) is 5.25 Å². The van der Waals surface area contributed by atoms with E-state index in [9.17, 15) is 4.79 Å². The van der Waals surface area contributed by atoms with E-state index in [1.807, 2.05) is 11.8 Å². The Morgan fingerprint density at radius 2 is 1.58 bits per heavy atom. The Kier molecular flexibility index (Phi) is 3.69. The molecule has 2 nitrogen and oxygen atoms in total. The zero-order valence-corrected chi connectivity index (χ0v) is 15.1. The van der Waals surface area contributed by atoms with Crippen LogP contribution >= 0.6 is 11.8 Å². The van der Waals surface area contributed by atoms with Crippen LogP contribution < -0.4 is 5.32 Å². The fourth-order valence-corrected chi connectivity index (χ4v) is 7.79. The molecule has 5 fully saturated rings. The van der Waals surface area contributed by atoms with Crippen molar-refractivity contribution in [1.82, 2.24) is 5.32 Å². The Morgan fingerprint density at radius 1 is 1.00 bits per heavy atom. The first-order valence-corrected chi connectivity index (χ1v) is 10.6. The first-order valence-electron chi connectivity index (χ1n) is 9.72. The third-order valence-corrected chi connectivity index (χ3v) is 8.34. The number of thioether (sulfide) groups is 1. The smallest absolute Gasteiger partial charge is 0.237 e. The van der Waals surface area contributed by atoms with Crippen molar-refractivity contribution in [1.29, 1.82) is 0 Å². The Balaban J connectivity index is 1.41. The number of carbonyl (C=O) groups is 1. The van der Waals surface area contributed by atoms with Gasteiger partial charge in [-0.05, 0) is 74.7 Å². The molecular weight excluding hydrogens is 314 g/mol. The van der Waals surface area contributed by atoms with Crippen LogP contribution in [0, 0.1) is 17.8 Å². The van der Waals surface area contributed by atoms with E-state index >= 15 is 0 Å². The van der Waals surface area contributed by atoms with E-state index in [-0.39, 0.29) is 11.2 Å². The Labute approximate surface area is 149 Å². The van der Waals surface area contributed by atoms with Gasteiger partial charge in [0.2, 0.25) is 5.91 Å². The molecule has 0 heterocycles. The van der Waals surface area contributed by atoms with Gasteiger partial charge in [-0.1, -0.05) is 30.3 Å². The maximum absolute atomic E-state index is 13.0. The van der Waals surface area contributed by atoms with Crippen molar-refractivity contribution < 1.29 is 4.79 Å². The fraction of sp³-hybridized carbons (Fsp3) is 0.667. The highest BCUT2D eigenvalue weighted by Crippen LogP contribution is 2.62. The summed E-state index contributed by atoms with van der Waals surface area (Å²) >= 11 is 2.02. The number of amides is 1. The molecule has 6 rings (SSSR count). The zero-order chi connectivity index (χ0) is 16.1. The molecule has 1 atom stereocenters. The van der Waals surface area contributed by atoms with Crippen molar-refractivity contribution in [2.75, 3.05) is 0 Å². The van der Waals surface area contributed by atoms with E-state index in [2.05, 4.69) is 35.6 Å². The largest absolute Gasteiger partial charge is 0.352 e. The van der Waals surface area contributed by atoms with Gasteiger partial charge in [0.25, 0.3) is 0 Å². The average Bonchev–Trinajstić information content (AvgIpc) is 3.36. The minimum absolute atomic E-state index is 0.0250. The van der Waals surface area contributed by atoms with Crippen LogP contribution in [-0.2, 0) is 4.79 Å². The highest BCUT2D eigenvalue weighted by molar-refractivity contribution is 8.01. The number of hydrogen-bond donors (Lipinski definition) is 1. The molecule has 5 saturated carbocycles. The van der Waals surface area contributed by atoms with E-state index < -0.39 is 0 Å². The van der Waals surface area contributed by atoms with Gasteiger partial charge >= 0.3 is 0 Å². The van der Waals surface area contributed by atoms with E-state index in [0.717, 1.165) is 30.6 Å². The average molecular weight is 342 g/mol. The van der Waals surface area contributed by atoms with Crippen molar-refractivity contribution in [3.63, 3.8) is 0 Å². The third kappa shape index (κ3) is 2.89. The number of nitrogens with one attached hydrogen (secondary N) is 1. The molecule has 24 heavy (non-hydrogen) atoms. The van der Waals surface area contributed by atoms with Crippen LogP contribution in [0.4, 0.5) is 0 Å². The maximum atomic E-state index is 13.0. The minimum atomic E-state index is -0.0250. The van der Waals surface area contributed by atoms with E-state index in [1.165, 1.54) is 44.1 Å². The van der Waals surface area contributed by atoms with Crippen molar-refractivity contribution >= 4 is 17.7 Å². The lowest BCUT2D eigenvalue weighted by Gasteiger charge is -2.57. The van der Waals surface area contributed by atoms with E-state index in [1.54, 1.807) is 0 Å².